The molecule has 3 fully saturated rings. The molecule has 0 aromatic heterocycles. The van der Waals surface area contributed by atoms with Gasteiger partial charge < -0.3 is 10.2 Å². The standard InChI is InChI=1S/C19H36N2/c1-4-14-8-6-7-9-18(14)19(20-5-2)15-12-16-10-11-17(13-15)21(16)3/h14-20H,4-13H2,1-3H3. The zero-order valence-corrected chi connectivity index (χ0v) is 14.5. The zero-order chi connectivity index (χ0) is 14.8. The molecule has 2 nitrogen and oxygen atoms in total. The first-order valence-corrected chi connectivity index (χ1v) is 9.69. The summed E-state index contributed by atoms with van der Waals surface area (Å²) in [7, 11) is 2.37. The van der Waals surface area contributed by atoms with E-state index in [0.717, 1.165) is 42.4 Å². The van der Waals surface area contributed by atoms with Gasteiger partial charge in [-0.25, -0.2) is 0 Å². The minimum atomic E-state index is 0.803. The Hall–Kier alpha value is -0.0800. The lowest BCUT2D eigenvalue weighted by Crippen LogP contribution is -2.51. The Morgan fingerprint density at radius 3 is 2.29 bits per heavy atom. The van der Waals surface area contributed by atoms with Crippen LogP contribution >= 0.6 is 0 Å². The van der Waals surface area contributed by atoms with E-state index >= 15 is 0 Å². The van der Waals surface area contributed by atoms with Gasteiger partial charge in [0.05, 0.1) is 0 Å². The van der Waals surface area contributed by atoms with Crippen LogP contribution in [0.5, 0.6) is 0 Å². The van der Waals surface area contributed by atoms with E-state index in [1.54, 1.807) is 0 Å². The first-order chi connectivity index (χ1) is 10.2. The largest absolute Gasteiger partial charge is 0.314 e. The summed E-state index contributed by atoms with van der Waals surface area (Å²) in [5.74, 6) is 2.88. The van der Waals surface area contributed by atoms with Crippen molar-refractivity contribution in [2.45, 2.75) is 89.8 Å². The van der Waals surface area contributed by atoms with Crippen molar-refractivity contribution in [2.24, 2.45) is 17.8 Å². The maximum atomic E-state index is 3.95. The van der Waals surface area contributed by atoms with Crippen molar-refractivity contribution in [3.63, 3.8) is 0 Å². The van der Waals surface area contributed by atoms with Crippen LogP contribution in [0.2, 0.25) is 0 Å². The minimum absolute atomic E-state index is 0.803. The highest BCUT2D eigenvalue weighted by Crippen LogP contribution is 2.44. The van der Waals surface area contributed by atoms with Gasteiger partial charge in [-0.15, -0.1) is 0 Å². The number of nitrogens with one attached hydrogen (secondary N) is 1. The van der Waals surface area contributed by atoms with Gasteiger partial charge in [0.2, 0.25) is 0 Å². The first kappa shape index (κ1) is 15.8. The van der Waals surface area contributed by atoms with Crippen LogP contribution in [0.4, 0.5) is 0 Å². The molecule has 1 saturated carbocycles. The number of fused-ring (bicyclic) bond motifs is 2. The van der Waals surface area contributed by atoms with Crippen LogP contribution in [-0.2, 0) is 0 Å². The van der Waals surface area contributed by atoms with Gasteiger partial charge in [-0.1, -0.05) is 39.5 Å². The van der Waals surface area contributed by atoms with Gasteiger partial charge in [-0.2, -0.15) is 0 Å². The summed E-state index contributed by atoms with van der Waals surface area (Å²) >= 11 is 0. The molecule has 5 atom stereocenters. The third-order valence-electron chi connectivity index (χ3n) is 7.04. The van der Waals surface area contributed by atoms with Crippen LogP contribution in [-0.4, -0.2) is 36.6 Å². The van der Waals surface area contributed by atoms with Gasteiger partial charge in [0.1, 0.15) is 0 Å². The molecule has 2 saturated heterocycles. The monoisotopic (exact) mass is 292 g/mol. The Morgan fingerprint density at radius 2 is 1.67 bits per heavy atom. The smallest absolute Gasteiger partial charge is 0.0127 e. The van der Waals surface area contributed by atoms with Crippen LogP contribution in [0.15, 0.2) is 0 Å². The molecule has 1 N–H and O–H groups in total. The van der Waals surface area contributed by atoms with Crippen molar-refractivity contribution in [1.29, 1.82) is 0 Å². The second-order valence-corrected chi connectivity index (χ2v) is 7.98. The summed E-state index contributed by atoms with van der Waals surface area (Å²) in [5.41, 5.74) is 0. The van der Waals surface area contributed by atoms with Crippen molar-refractivity contribution in [1.82, 2.24) is 10.2 Å². The predicted molar refractivity (Wildman–Crippen MR) is 90.5 cm³/mol. The molecule has 0 aromatic carbocycles. The predicted octanol–water partition coefficient (Wildman–Crippen LogP) is 4.05. The quantitative estimate of drug-likeness (QED) is 0.822. The molecular weight excluding hydrogens is 256 g/mol. The highest BCUT2D eigenvalue weighted by atomic mass is 15.2. The van der Waals surface area contributed by atoms with E-state index in [-0.39, 0.29) is 0 Å². The van der Waals surface area contributed by atoms with Gasteiger partial charge in [0.25, 0.3) is 0 Å². The van der Waals surface area contributed by atoms with Crippen molar-refractivity contribution in [3.05, 3.63) is 0 Å². The fourth-order valence-corrected chi connectivity index (χ4v) is 5.87. The summed E-state index contributed by atoms with van der Waals surface area (Å²) in [5, 5.41) is 3.95. The van der Waals surface area contributed by atoms with Crippen LogP contribution < -0.4 is 5.32 Å². The minimum Gasteiger partial charge on any atom is -0.314 e. The van der Waals surface area contributed by atoms with E-state index in [1.165, 1.54) is 57.8 Å². The average molecular weight is 293 g/mol. The maximum Gasteiger partial charge on any atom is 0.0127 e. The molecule has 2 bridgehead atoms. The Kier molecular flexibility index (Phi) is 5.27. The van der Waals surface area contributed by atoms with Crippen molar-refractivity contribution in [3.8, 4) is 0 Å². The number of nitrogens with zero attached hydrogens (tertiary/aromatic N) is 1. The highest BCUT2D eigenvalue weighted by Gasteiger charge is 2.43. The van der Waals surface area contributed by atoms with Gasteiger partial charge in [-0.05, 0) is 63.5 Å². The van der Waals surface area contributed by atoms with Gasteiger partial charge in [0.15, 0.2) is 0 Å². The number of rotatable bonds is 5. The summed E-state index contributed by atoms with van der Waals surface area (Å²) in [4.78, 5) is 2.69. The molecule has 122 valence electrons. The van der Waals surface area contributed by atoms with E-state index in [9.17, 15) is 0 Å². The molecule has 0 amide bonds. The molecule has 0 spiro atoms. The zero-order valence-electron chi connectivity index (χ0n) is 14.5. The summed E-state index contributed by atoms with van der Waals surface area (Å²) in [6, 6.07) is 2.58. The fraction of sp³-hybridized carbons (Fsp3) is 1.00. The Morgan fingerprint density at radius 1 is 1.00 bits per heavy atom. The lowest BCUT2D eigenvalue weighted by Gasteiger charge is -2.45. The lowest BCUT2D eigenvalue weighted by atomic mass is 9.68. The van der Waals surface area contributed by atoms with Crippen molar-refractivity contribution >= 4 is 0 Å². The molecule has 3 aliphatic rings. The summed E-state index contributed by atoms with van der Waals surface area (Å²) < 4.78 is 0. The molecule has 1 aliphatic carbocycles. The number of hydrogen-bond acceptors (Lipinski definition) is 2. The topological polar surface area (TPSA) is 15.3 Å². The fourth-order valence-electron chi connectivity index (χ4n) is 5.87. The molecule has 2 heteroatoms. The van der Waals surface area contributed by atoms with E-state index in [1.807, 2.05) is 0 Å². The molecular formula is C19H36N2. The van der Waals surface area contributed by atoms with E-state index in [0.29, 0.717) is 0 Å². The van der Waals surface area contributed by atoms with Crippen molar-refractivity contribution < 1.29 is 0 Å². The van der Waals surface area contributed by atoms with Crippen LogP contribution in [0.25, 0.3) is 0 Å². The molecule has 0 radical (unpaired) electrons. The normalized spacial score (nSPS) is 42.1. The highest BCUT2D eigenvalue weighted by molar-refractivity contribution is 4.99. The van der Waals surface area contributed by atoms with E-state index < -0.39 is 0 Å². The summed E-state index contributed by atoms with van der Waals surface area (Å²) in [6.45, 7) is 5.88. The molecule has 3 rings (SSSR count). The Labute approximate surface area is 132 Å². The SMILES string of the molecule is CCNC(C1CC2CCC(C1)N2C)C1CCCCC1CC. The Bertz CT molecular complexity index is 316. The number of piperidine rings is 1. The van der Waals surface area contributed by atoms with Crippen LogP contribution in [0.3, 0.4) is 0 Å². The molecule has 2 aliphatic heterocycles. The lowest BCUT2D eigenvalue weighted by molar-refractivity contribution is 0.0675. The van der Waals surface area contributed by atoms with Gasteiger partial charge >= 0.3 is 0 Å². The second-order valence-electron chi connectivity index (χ2n) is 7.98. The number of hydrogen-bond donors (Lipinski definition) is 1. The van der Waals surface area contributed by atoms with Crippen LogP contribution in [0.1, 0.15) is 71.6 Å². The average Bonchev–Trinajstić information content (AvgIpc) is 2.74. The third-order valence-corrected chi connectivity index (χ3v) is 7.04. The first-order valence-electron chi connectivity index (χ1n) is 9.69. The van der Waals surface area contributed by atoms with E-state index in [4.69, 9.17) is 0 Å². The molecule has 0 aromatic rings. The van der Waals surface area contributed by atoms with E-state index in [2.05, 4.69) is 31.1 Å². The van der Waals surface area contributed by atoms with Crippen LogP contribution in [0, 0.1) is 17.8 Å². The molecule has 2 heterocycles. The third kappa shape index (κ3) is 3.17. The Balaban J connectivity index is 1.71. The molecule has 21 heavy (non-hydrogen) atoms. The molecule has 5 unspecified atom stereocenters. The summed E-state index contributed by atoms with van der Waals surface area (Å²) in [6.07, 6.45) is 13.1. The maximum absolute atomic E-state index is 3.95. The van der Waals surface area contributed by atoms with Gasteiger partial charge in [0, 0.05) is 18.1 Å². The second kappa shape index (κ2) is 7.00. The van der Waals surface area contributed by atoms with Crippen molar-refractivity contribution in [2.75, 3.05) is 13.6 Å². The van der Waals surface area contributed by atoms with Gasteiger partial charge in [-0.3, -0.25) is 0 Å².